The zero-order chi connectivity index (χ0) is 27.1. The van der Waals surface area contributed by atoms with Crippen molar-refractivity contribution in [1.29, 1.82) is 5.26 Å². The Balaban J connectivity index is 1.70. The van der Waals surface area contributed by atoms with Crippen molar-refractivity contribution >= 4 is 38.8 Å². The summed E-state index contributed by atoms with van der Waals surface area (Å²) in [4.78, 5) is 31.2. The zero-order valence-electron chi connectivity index (χ0n) is 20.7. The Morgan fingerprint density at radius 2 is 1.84 bits per heavy atom. The van der Waals surface area contributed by atoms with E-state index in [1.165, 1.54) is 11.8 Å². The van der Waals surface area contributed by atoms with Gasteiger partial charge in [0.1, 0.15) is 32.9 Å². The van der Waals surface area contributed by atoms with Gasteiger partial charge in [-0.25, -0.2) is 9.78 Å². The highest BCUT2D eigenvalue weighted by molar-refractivity contribution is 7.21. The second-order valence-electron chi connectivity index (χ2n) is 8.85. The fourth-order valence-corrected chi connectivity index (χ4v) is 5.32. The number of pyridine rings is 1. The highest BCUT2D eigenvalue weighted by atomic mass is 32.1. The largest absolute Gasteiger partial charge is 0.497 e. The van der Waals surface area contributed by atoms with E-state index in [0.29, 0.717) is 38.7 Å². The summed E-state index contributed by atoms with van der Waals surface area (Å²) in [7, 11) is 1.53. The second kappa shape index (κ2) is 9.49. The van der Waals surface area contributed by atoms with Crippen molar-refractivity contribution in [3.8, 4) is 28.6 Å². The SMILES string of the molecule is COc1ccc(-[n+]2[nH]oc(=O)c2C(=O)c2sc3nc(N)c(C#N)c(-c4ccc(C(C)C)cc4)c3c2N)cc1. The van der Waals surface area contributed by atoms with Crippen molar-refractivity contribution < 1.29 is 18.7 Å². The Bertz CT molecular complexity index is 1790. The smallest absolute Gasteiger partial charge is 0.439 e. The number of hydrogen-bond acceptors (Lipinski definition) is 9. The molecule has 0 fully saturated rings. The van der Waals surface area contributed by atoms with Crippen LogP contribution >= 0.6 is 11.3 Å². The van der Waals surface area contributed by atoms with E-state index in [1.54, 1.807) is 24.3 Å². The molecule has 3 aromatic heterocycles. The molecule has 38 heavy (non-hydrogen) atoms. The average molecular weight is 528 g/mol. The molecule has 0 aliphatic carbocycles. The molecule has 0 saturated carbocycles. The van der Waals surface area contributed by atoms with E-state index in [4.69, 9.17) is 20.7 Å². The van der Waals surface area contributed by atoms with E-state index >= 15 is 0 Å². The van der Waals surface area contributed by atoms with Crippen LogP contribution in [-0.4, -0.2) is 23.1 Å². The summed E-state index contributed by atoms with van der Waals surface area (Å²) in [5.41, 5.74) is 14.6. The number of carbonyl (C=O) groups is 1. The first-order valence-electron chi connectivity index (χ1n) is 11.6. The Hall–Kier alpha value is -4.95. The predicted octanol–water partition coefficient (Wildman–Crippen LogP) is 3.92. The summed E-state index contributed by atoms with van der Waals surface area (Å²) < 4.78 is 11.4. The summed E-state index contributed by atoms with van der Waals surface area (Å²) in [5, 5.41) is 12.8. The molecule has 2 aromatic carbocycles. The summed E-state index contributed by atoms with van der Waals surface area (Å²) in [6.45, 7) is 4.17. The van der Waals surface area contributed by atoms with Gasteiger partial charge in [0, 0.05) is 23.1 Å². The van der Waals surface area contributed by atoms with Gasteiger partial charge in [-0.1, -0.05) is 38.1 Å². The summed E-state index contributed by atoms with van der Waals surface area (Å²) in [6, 6.07) is 16.5. The number of ether oxygens (including phenoxy) is 1. The number of aromatic nitrogens is 3. The molecule has 0 unspecified atom stereocenters. The van der Waals surface area contributed by atoms with Gasteiger partial charge in [-0.05, 0) is 39.1 Å². The Morgan fingerprint density at radius 1 is 1.16 bits per heavy atom. The number of aromatic amines is 1. The lowest BCUT2D eigenvalue weighted by molar-refractivity contribution is -0.672. The quantitative estimate of drug-likeness (QED) is 0.221. The number of H-pyrrole nitrogens is 1. The van der Waals surface area contributed by atoms with Gasteiger partial charge in [0.2, 0.25) is 5.69 Å². The summed E-state index contributed by atoms with van der Waals surface area (Å²) in [5.74, 6) is 0.294. The molecular weight excluding hydrogens is 504 g/mol. The molecule has 0 saturated heterocycles. The van der Waals surface area contributed by atoms with Crippen LogP contribution in [0.2, 0.25) is 0 Å². The maximum absolute atomic E-state index is 13.7. The zero-order valence-corrected chi connectivity index (χ0v) is 21.6. The molecule has 0 bridgehead atoms. The molecule has 0 amide bonds. The van der Waals surface area contributed by atoms with E-state index < -0.39 is 11.4 Å². The molecule has 0 spiro atoms. The number of anilines is 2. The average Bonchev–Trinajstić information content (AvgIpc) is 3.47. The fraction of sp³-hybridized carbons (Fsp3) is 0.148. The van der Waals surface area contributed by atoms with Crippen molar-refractivity contribution in [2.24, 2.45) is 0 Å². The third-order valence-corrected chi connectivity index (χ3v) is 7.38. The number of nitrogen functional groups attached to an aromatic ring is 2. The lowest BCUT2D eigenvalue weighted by Gasteiger charge is -2.11. The van der Waals surface area contributed by atoms with Crippen molar-refractivity contribution in [3.05, 3.63) is 80.6 Å². The van der Waals surface area contributed by atoms with Crippen molar-refractivity contribution in [3.63, 3.8) is 0 Å². The van der Waals surface area contributed by atoms with Gasteiger partial charge in [-0.3, -0.25) is 9.32 Å². The molecule has 5 aromatic rings. The fourth-order valence-electron chi connectivity index (χ4n) is 4.26. The number of fused-ring (bicyclic) bond motifs is 1. The van der Waals surface area contributed by atoms with Gasteiger partial charge in [0.15, 0.2) is 0 Å². The number of nitrogens with one attached hydrogen (secondary N) is 1. The Morgan fingerprint density at radius 3 is 2.45 bits per heavy atom. The van der Waals surface area contributed by atoms with Gasteiger partial charge in [-0.2, -0.15) is 5.26 Å². The van der Waals surface area contributed by atoms with Crippen LogP contribution in [0.3, 0.4) is 0 Å². The highest BCUT2D eigenvalue weighted by Crippen LogP contribution is 2.43. The van der Waals surface area contributed by atoms with Crippen LogP contribution < -0.4 is 26.5 Å². The minimum atomic E-state index is -0.864. The number of methoxy groups -OCH3 is 1. The van der Waals surface area contributed by atoms with Gasteiger partial charge >= 0.3 is 11.3 Å². The number of nitrogens with two attached hydrogens (primary N) is 2. The highest BCUT2D eigenvalue weighted by Gasteiger charge is 2.35. The lowest BCUT2D eigenvalue weighted by Crippen LogP contribution is -2.41. The van der Waals surface area contributed by atoms with Gasteiger partial charge < -0.3 is 16.2 Å². The molecule has 5 N–H and O–H groups in total. The molecule has 0 aliphatic heterocycles. The number of rotatable bonds is 6. The van der Waals surface area contributed by atoms with Crippen LogP contribution in [0.15, 0.2) is 57.8 Å². The van der Waals surface area contributed by atoms with Crippen molar-refractivity contribution in [2.45, 2.75) is 19.8 Å². The van der Waals surface area contributed by atoms with Crippen LogP contribution in [-0.2, 0) is 0 Å². The standard InChI is InChI=1S/C27H22N6O4S/c1-13(2)14-4-6-15(7-5-14)19-18(12-28)25(30)31-26-20(19)21(29)24(38-26)23(34)22-27(35)37-32-33(22)16-8-10-17(36-3)11-9-16/h4-11,13H,1-3H3,(H4-,29,30,31,32,34,35)/p+1. The molecule has 11 heteroatoms. The molecule has 10 nitrogen and oxygen atoms in total. The normalized spacial score (nSPS) is 11.1. The summed E-state index contributed by atoms with van der Waals surface area (Å²) in [6.07, 6.45) is 0. The van der Waals surface area contributed by atoms with Crippen LogP contribution in [0, 0.1) is 11.3 Å². The van der Waals surface area contributed by atoms with Crippen molar-refractivity contribution in [2.75, 3.05) is 18.6 Å². The van der Waals surface area contributed by atoms with Crippen LogP contribution in [0.25, 0.3) is 27.0 Å². The van der Waals surface area contributed by atoms with Crippen molar-refractivity contribution in [1.82, 2.24) is 10.3 Å². The molecular formula is C27H23N6O4S+. The Labute approximate surface area is 220 Å². The number of nitrogens with zero attached hydrogens (tertiary/aromatic N) is 3. The molecule has 3 heterocycles. The number of nitriles is 1. The van der Waals surface area contributed by atoms with Gasteiger partial charge in [0.25, 0.3) is 5.78 Å². The third kappa shape index (κ3) is 3.97. The first-order chi connectivity index (χ1) is 18.2. The number of benzene rings is 2. The van der Waals surface area contributed by atoms with E-state index in [9.17, 15) is 14.9 Å². The summed E-state index contributed by atoms with van der Waals surface area (Å²) >= 11 is 0.996. The first-order valence-corrected chi connectivity index (χ1v) is 12.4. The first kappa shape index (κ1) is 24.7. The topological polar surface area (TPSA) is 165 Å². The molecule has 0 aliphatic rings. The van der Waals surface area contributed by atoms with E-state index in [1.807, 2.05) is 24.3 Å². The Kier molecular flexibility index (Phi) is 6.18. The molecule has 5 rings (SSSR count). The van der Waals surface area contributed by atoms with E-state index in [0.717, 1.165) is 16.9 Å². The minimum absolute atomic E-state index is 0.0256. The van der Waals surface area contributed by atoms with E-state index in [-0.39, 0.29) is 27.6 Å². The number of carbonyl (C=O) groups excluding carboxylic acids is 1. The van der Waals surface area contributed by atoms with Gasteiger partial charge in [-0.15, -0.1) is 11.3 Å². The number of ketones is 1. The number of thiophene rings is 1. The second-order valence-corrected chi connectivity index (χ2v) is 9.85. The minimum Gasteiger partial charge on any atom is -0.497 e. The monoisotopic (exact) mass is 527 g/mol. The third-order valence-electron chi connectivity index (χ3n) is 6.28. The van der Waals surface area contributed by atoms with Crippen LogP contribution in [0.1, 0.15) is 46.3 Å². The molecule has 0 atom stereocenters. The lowest BCUT2D eigenvalue weighted by atomic mass is 9.94. The number of hydrogen-bond donors (Lipinski definition) is 3. The van der Waals surface area contributed by atoms with Gasteiger partial charge in [0.05, 0.1) is 12.8 Å². The van der Waals surface area contributed by atoms with Crippen LogP contribution in [0.4, 0.5) is 11.5 Å². The predicted molar refractivity (Wildman–Crippen MR) is 144 cm³/mol. The van der Waals surface area contributed by atoms with E-state index in [2.05, 4.69) is 30.2 Å². The maximum atomic E-state index is 13.7. The molecule has 190 valence electrons. The maximum Gasteiger partial charge on any atom is 0.439 e. The van der Waals surface area contributed by atoms with Crippen LogP contribution in [0.5, 0.6) is 5.75 Å². The molecule has 0 radical (unpaired) electrons.